The van der Waals surface area contributed by atoms with Crippen LogP contribution in [-0.2, 0) is 22.7 Å². The SMILES string of the molecule is CC[C@H](C)[C@H](NC(=O)OCc1ccccc1)C(=O)NCc1ccc2c(c1)OCO2. The van der Waals surface area contributed by atoms with Crippen LogP contribution in [0, 0.1) is 5.92 Å². The lowest BCUT2D eigenvalue weighted by molar-refractivity contribution is -0.124. The van der Waals surface area contributed by atoms with Crippen molar-refractivity contribution in [3.63, 3.8) is 0 Å². The average Bonchev–Trinajstić information content (AvgIpc) is 3.22. The number of amides is 2. The van der Waals surface area contributed by atoms with Gasteiger partial charge in [0.2, 0.25) is 12.7 Å². The van der Waals surface area contributed by atoms with E-state index in [1.807, 2.05) is 62.4 Å². The molecule has 0 fully saturated rings. The average molecular weight is 398 g/mol. The van der Waals surface area contributed by atoms with E-state index in [1.54, 1.807) is 0 Å². The second kappa shape index (κ2) is 9.82. The maximum Gasteiger partial charge on any atom is 0.408 e. The second-order valence-corrected chi connectivity index (χ2v) is 6.97. The fraction of sp³-hybridized carbons (Fsp3) is 0.364. The Hall–Kier alpha value is -3.22. The maximum absolute atomic E-state index is 12.7. The number of hydrogen-bond acceptors (Lipinski definition) is 5. The maximum atomic E-state index is 12.7. The molecule has 0 saturated carbocycles. The van der Waals surface area contributed by atoms with Crippen molar-refractivity contribution in [1.29, 1.82) is 0 Å². The third-order valence-corrected chi connectivity index (χ3v) is 4.89. The summed E-state index contributed by atoms with van der Waals surface area (Å²) in [6.45, 7) is 4.57. The molecule has 0 aromatic heterocycles. The highest BCUT2D eigenvalue weighted by molar-refractivity contribution is 5.85. The lowest BCUT2D eigenvalue weighted by Gasteiger charge is -2.23. The largest absolute Gasteiger partial charge is 0.454 e. The first-order chi connectivity index (χ1) is 14.1. The van der Waals surface area contributed by atoms with Crippen molar-refractivity contribution in [3.8, 4) is 11.5 Å². The molecule has 1 heterocycles. The van der Waals surface area contributed by atoms with Crippen molar-refractivity contribution >= 4 is 12.0 Å². The van der Waals surface area contributed by atoms with Crippen LogP contribution < -0.4 is 20.1 Å². The van der Waals surface area contributed by atoms with Gasteiger partial charge in [0, 0.05) is 6.54 Å². The summed E-state index contributed by atoms with van der Waals surface area (Å²) in [4.78, 5) is 24.9. The van der Waals surface area contributed by atoms with Gasteiger partial charge in [0.25, 0.3) is 0 Å². The minimum atomic E-state index is -0.683. The number of carbonyl (C=O) groups is 2. The van der Waals surface area contributed by atoms with Crippen molar-refractivity contribution in [1.82, 2.24) is 10.6 Å². The molecule has 0 bridgehead atoms. The molecule has 0 radical (unpaired) electrons. The van der Waals surface area contributed by atoms with Crippen molar-refractivity contribution in [2.45, 2.75) is 39.5 Å². The predicted octanol–water partition coefficient (Wildman–Crippen LogP) is 3.37. The molecule has 1 aliphatic rings. The molecule has 29 heavy (non-hydrogen) atoms. The van der Waals surface area contributed by atoms with E-state index in [-0.39, 0.29) is 25.2 Å². The van der Waals surface area contributed by atoms with Crippen LogP contribution in [-0.4, -0.2) is 24.8 Å². The van der Waals surface area contributed by atoms with Crippen LogP contribution in [0.3, 0.4) is 0 Å². The number of benzene rings is 2. The van der Waals surface area contributed by atoms with Crippen LogP contribution in [0.25, 0.3) is 0 Å². The Morgan fingerprint density at radius 1 is 1.07 bits per heavy atom. The molecule has 7 nitrogen and oxygen atoms in total. The van der Waals surface area contributed by atoms with Gasteiger partial charge in [0.1, 0.15) is 12.6 Å². The van der Waals surface area contributed by atoms with E-state index in [2.05, 4.69) is 10.6 Å². The molecule has 154 valence electrons. The van der Waals surface area contributed by atoms with Gasteiger partial charge < -0.3 is 24.8 Å². The number of nitrogens with one attached hydrogen (secondary N) is 2. The summed E-state index contributed by atoms with van der Waals surface area (Å²) < 4.78 is 15.9. The fourth-order valence-electron chi connectivity index (χ4n) is 2.94. The van der Waals surface area contributed by atoms with E-state index >= 15 is 0 Å². The highest BCUT2D eigenvalue weighted by Gasteiger charge is 2.26. The molecule has 2 N–H and O–H groups in total. The first-order valence-electron chi connectivity index (χ1n) is 9.70. The van der Waals surface area contributed by atoms with E-state index in [0.29, 0.717) is 18.0 Å². The predicted molar refractivity (Wildman–Crippen MR) is 107 cm³/mol. The van der Waals surface area contributed by atoms with E-state index in [0.717, 1.165) is 17.5 Å². The molecule has 2 aromatic carbocycles. The van der Waals surface area contributed by atoms with Crippen molar-refractivity contribution in [2.75, 3.05) is 6.79 Å². The Bertz CT molecular complexity index is 840. The summed E-state index contributed by atoms with van der Waals surface area (Å²) in [5.74, 6) is 1.06. The molecule has 7 heteroatoms. The Balaban J connectivity index is 1.54. The Labute approximate surface area is 170 Å². The van der Waals surface area contributed by atoms with Crippen molar-refractivity contribution < 1.29 is 23.8 Å². The number of carbonyl (C=O) groups excluding carboxylic acids is 2. The van der Waals surface area contributed by atoms with E-state index in [4.69, 9.17) is 14.2 Å². The molecule has 0 unspecified atom stereocenters. The molecular weight excluding hydrogens is 372 g/mol. The molecule has 0 saturated heterocycles. The zero-order valence-electron chi connectivity index (χ0n) is 16.6. The van der Waals surface area contributed by atoms with Gasteiger partial charge in [-0.1, -0.05) is 56.7 Å². The van der Waals surface area contributed by atoms with E-state index < -0.39 is 12.1 Å². The third-order valence-electron chi connectivity index (χ3n) is 4.89. The van der Waals surface area contributed by atoms with Gasteiger partial charge in [-0.25, -0.2) is 4.79 Å². The normalized spacial score (nSPS) is 14.0. The summed E-state index contributed by atoms with van der Waals surface area (Å²) in [5, 5.41) is 5.58. The Kier molecular flexibility index (Phi) is 6.94. The Morgan fingerprint density at radius 3 is 2.59 bits per heavy atom. The number of ether oxygens (including phenoxy) is 3. The van der Waals surface area contributed by atoms with Crippen molar-refractivity contribution in [3.05, 3.63) is 59.7 Å². The van der Waals surface area contributed by atoms with Crippen LogP contribution in [0.1, 0.15) is 31.4 Å². The van der Waals surface area contributed by atoms with Gasteiger partial charge >= 0.3 is 6.09 Å². The second-order valence-electron chi connectivity index (χ2n) is 6.97. The molecule has 2 atom stereocenters. The standard InChI is InChI=1S/C22H26N2O5/c1-3-15(2)20(24-22(26)27-13-16-7-5-4-6-8-16)21(25)23-12-17-9-10-18-19(11-17)29-14-28-18/h4-11,15,20H,3,12-14H2,1-2H3,(H,23,25)(H,24,26)/t15-,20-/m0/s1. The minimum Gasteiger partial charge on any atom is -0.454 e. The lowest BCUT2D eigenvalue weighted by atomic mass is 9.98. The molecule has 2 aromatic rings. The van der Waals surface area contributed by atoms with Crippen molar-refractivity contribution in [2.24, 2.45) is 5.92 Å². The highest BCUT2D eigenvalue weighted by atomic mass is 16.7. The van der Waals surface area contributed by atoms with Crippen LogP contribution in [0.4, 0.5) is 4.79 Å². The summed E-state index contributed by atoms with van der Waals surface area (Å²) in [5.41, 5.74) is 1.77. The van der Waals surface area contributed by atoms with Crippen LogP contribution in [0.2, 0.25) is 0 Å². The summed E-state index contributed by atoms with van der Waals surface area (Å²) >= 11 is 0. The molecule has 0 spiro atoms. The van der Waals surface area contributed by atoms with E-state index in [9.17, 15) is 9.59 Å². The number of rotatable bonds is 8. The zero-order chi connectivity index (χ0) is 20.6. The highest BCUT2D eigenvalue weighted by Crippen LogP contribution is 2.32. The molecule has 3 rings (SSSR count). The van der Waals surface area contributed by atoms with Gasteiger partial charge in [0.15, 0.2) is 11.5 Å². The summed E-state index contributed by atoms with van der Waals surface area (Å²) in [7, 11) is 0. The van der Waals surface area contributed by atoms with E-state index in [1.165, 1.54) is 0 Å². The quantitative estimate of drug-likeness (QED) is 0.712. The zero-order valence-corrected chi connectivity index (χ0v) is 16.6. The molecule has 1 aliphatic heterocycles. The first kappa shape index (κ1) is 20.5. The first-order valence-corrected chi connectivity index (χ1v) is 9.70. The Morgan fingerprint density at radius 2 is 1.83 bits per heavy atom. The van der Waals surface area contributed by atoms with Gasteiger partial charge in [0.05, 0.1) is 0 Å². The molecular formula is C22H26N2O5. The minimum absolute atomic E-state index is 0.0453. The van der Waals surface area contributed by atoms with Crippen LogP contribution in [0.15, 0.2) is 48.5 Å². The number of fused-ring (bicyclic) bond motifs is 1. The summed E-state index contributed by atoms with van der Waals surface area (Å²) in [6, 6.07) is 14.2. The fourth-order valence-corrected chi connectivity index (χ4v) is 2.94. The van der Waals surface area contributed by atoms with Crippen LogP contribution >= 0.6 is 0 Å². The van der Waals surface area contributed by atoms with Gasteiger partial charge in [-0.3, -0.25) is 4.79 Å². The van der Waals surface area contributed by atoms with Gasteiger partial charge in [-0.05, 0) is 29.2 Å². The number of alkyl carbamates (subject to hydrolysis) is 1. The smallest absolute Gasteiger partial charge is 0.408 e. The topological polar surface area (TPSA) is 85.9 Å². The third kappa shape index (κ3) is 5.63. The van der Waals surface area contributed by atoms with Gasteiger partial charge in [-0.15, -0.1) is 0 Å². The lowest BCUT2D eigenvalue weighted by Crippen LogP contribution is -2.50. The molecule has 2 amide bonds. The van der Waals surface area contributed by atoms with Gasteiger partial charge in [-0.2, -0.15) is 0 Å². The van der Waals surface area contributed by atoms with Crippen LogP contribution in [0.5, 0.6) is 11.5 Å². The monoisotopic (exact) mass is 398 g/mol. The summed E-state index contributed by atoms with van der Waals surface area (Å²) in [6.07, 6.45) is 0.124. The number of hydrogen-bond donors (Lipinski definition) is 2. The molecule has 0 aliphatic carbocycles.